The molecule has 24 heavy (non-hydrogen) atoms. The number of nitrogens with zero attached hydrogens (tertiary/aromatic N) is 1. The maximum atomic E-state index is 5.65. The Morgan fingerprint density at radius 2 is 1.75 bits per heavy atom. The zero-order valence-corrected chi connectivity index (χ0v) is 16.6. The molecule has 0 aromatic heterocycles. The van der Waals surface area contributed by atoms with Gasteiger partial charge < -0.3 is 15.4 Å². The topological polar surface area (TPSA) is 45.7 Å². The molecule has 0 heterocycles. The molecule has 0 aliphatic rings. The fourth-order valence-corrected chi connectivity index (χ4v) is 2.23. The Balaban J connectivity index is 0.00000288. The van der Waals surface area contributed by atoms with E-state index in [1.807, 2.05) is 18.2 Å². The summed E-state index contributed by atoms with van der Waals surface area (Å²) < 4.78 is 5.65. The number of halogens is 1. The molecule has 2 N–H and O–H groups in total. The Hall–Kier alpha value is -1.60. The van der Waals surface area contributed by atoms with Crippen molar-refractivity contribution in [1.82, 2.24) is 10.6 Å². The molecule has 2 rings (SSSR count). The number of hydrogen-bond acceptors (Lipinski definition) is 2. The lowest BCUT2D eigenvalue weighted by Crippen LogP contribution is -2.38. The first-order valence-corrected chi connectivity index (χ1v) is 7.89. The van der Waals surface area contributed by atoms with Gasteiger partial charge in [-0.1, -0.05) is 60.2 Å². The van der Waals surface area contributed by atoms with Gasteiger partial charge in [-0.05, 0) is 18.1 Å². The largest absolute Gasteiger partial charge is 0.375 e. The predicted octanol–water partition coefficient (Wildman–Crippen LogP) is 3.49. The quantitative estimate of drug-likeness (QED) is 0.301. The summed E-state index contributed by atoms with van der Waals surface area (Å²) in [6.45, 7) is 4.85. The number of aliphatic imine (C=N–C) groups is 1. The number of guanidine groups is 1. The van der Waals surface area contributed by atoms with E-state index < -0.39 is 0 Å². The van der Waals surface area contributed by atoms with Gasteiger partial charge in [-0.3, -0.25) is 4.99 Å². The Morgan fingerprint density at radius 3 is 2.46 bits per heavy atom. The average molecular weight is 439 g/mol. The Labute approximate surface area is 161 Å². The van der Waals surface area contributed by atoms with E-state index in [9.17, 15) is 0 Å². The first-order valence-electron chi connectivity index (χ1n) is 7.89. The van der Waals surface area contributed by atoms with Crippen molar-refractivity contribution in [2.75, 3.05) is 20.2 Å². The summed E-state index contributed by atoms with van der Waals surface area (Å²) in [6, 6.07) is 18.6. The Kier molecular flexibility index (Phi) is 10.1. The van der Waals surface area contributed by atoms with E-state index in [2.05, 4.69) is 58.9 Å². The van der Waals surface area contributed by atoms with E-state index in [4.69, 9.17) is 4.74 Å². The van der Waals surface area contributed by atoms with Gasteiger partial charge in [0.2, 0.25) is 0 Å². The minimum Gasteiger partial charge on any atom is -0.375 e. The summed E-state index contributed by atoms with van der Waals surface area (Å²) in [5.41, 5.74) is 3.70. The van der Waals surface area contributed by atoms with Crippen LogP contribution in [0.5, 0.6) is 0 Å². The van der Waals surface area contributed by atoms with Crippen LogP contribution in [0.4, 0.5) is 0 Å². The first kappa shape index (κ1) is 20.4. The van der Waals surface area contributed by atoms with Crippen LogP contribution in [0, 0.1) is 6.92 Å². The van der Waals surface area contributed by atoms with Crippen molar-refractivity contribution in [2.45, 2.75) is 20.1 Å². The summed E-state index contributed by atoms with van der Waals surface area (Å²) in [6.07, 6.45) is 0. The molecule has 130 valence electrons. The molecule has 0 spiro atoms. The van der Waals surface area contributed by atoms with Gasteiger partial charge in [-0.15, -0.1) is 24.0 Å². The lowest BCUT2D eigenvalue weighted by atomic mass is 10.1. The van der Waals surface area contributed by atoms with Crippen molar-refractivity contribution in [1.29, 1.82) is 0 Å². The lowest BCUT2D eigenvalue weighted by Gasteiger charge is -2.12. The highest BCUT2D eigenvalue weighted by molar-refractivity contribution is 14.0. The normalized spacial score (nSPS) is 10.8. The molecule has 0 radical (unpaired) electrons. The second-order valence-corrected chi connectivity index (χ2v) is 5.38. The number of benzene rings is 2. The molecule has 0 aliphatic carbocycles. The number of aryl methyl sites for hydroxylation is 1. The number of nitrogens with one attached hydrogen (secondary N) is 2. The lowest BCUT2D eigenvalue weighted by molar-refractivity contribution is 0.125. The third-order valence-electron chi connectivity index (χ3n) is 3.42. The third-order valence-corrected chi connectivity index (χ3v) is 3.42. The van der Waals surface area contributed by atoms with Crippen LogP contribution in [0.15, 0.2) is 59.6 Å². The van der Waals surface area contributed by atoms with Crippen molar-refractivity contribution in [3.8, 4) is 0 Å². The summed E-state index contributed by atoms with van der Waals surface area (Å²) in [7, 11) is 1.77. The van der Waals surface area contributed by atoms with E-state index in [1.165, 1.54) is 16.7 Å². The number of ether oxygens (including phenoxy) is 1. The minimum absolute atomic E-state index is 0. The zero-order chi connectivity index (χ0) is 16.3. The Morgan fingerprint density at radius 1 is 1.00 bits per heavy atom. The van der Waals surface area contributed by atoms with Crippen molar-refractivity contribution < 1.29 is 4.74 Å². The second-order valence-electron chi connectivity index (χ2n) is 5.38. The smallest absolute Gasteiger partial charge is 0.191 e. The van der Waals surface area contributed by atoms with Gasteiger partial charge in [0.05, 0.1) is 13.2 Å². The van der Waals surface area contributed by atoms with Gasteiger partial charge >= 0.3 is 0 Å². The van der Waals surface area contributed by atoms with Crippen LogP contribution in [0.1, 0.15) is 16.7 Å². The molecule has 0 bridgehead atoms. The van der Waals surface area contributed by atoms with Gasteiger partial charge in [0.1, 0.15) is 0 Å². The summed E-state index contributed by atoms with van der Waals surface area (Å²) in [4.78, 5) is 4.22. The molecule has 0 amide bonds. The number of rotatable bonds is 7. The monoisotopic (exact) mass is 439 g/mol. The molecule has 2 aromatic carbocycles. The highest BCUT2D eigenvalue weighted by Crippen LogP contribution is 2.03. The molecule has 0 fully saturated rings. The highest BCUT2D eigenvalue weighted by atomic mass is 127. The van der Waals surface area contributed by atoms with Crippen LogP contribution in [0.2, 0.25) is 0 Å². The van der Waals surface area contributed by atoms with E-state index in [0.717, 1.165) is 19.0 Å². The van der Waals surface area contributed by atoms with Gasteiger partial charge in [-0.25, -0.2) is 0 Å². The molecule has 0 aliphatic heterocycles. The highest BCUT2D eigenvalue weighted by Gasteiger charge is 1.98. The standard InChI is InChI=1S/C19H25N3O.HI/c1-16-7-6-10-18(13-16)14-22-19(20-2)21-11-12-23-15-17-8-4-3-5-9-17;/h3-10,13H,11-12,14-15H2,1-2H3,(H2,20,21,22);1H. The SMILES string of the molecule is CN=C(NCCOCc1ccccc1)NCc1cccc(C)c1.I. The van der Waals surface area contributed by atoms with E-state index in [0.29, 0.717) is 13.2 Å². The molecular weight excluding hydrogens is 413 g/mol. The maximum Gasteiger partial charge on any atom is 0.191 e. The molecule has 5 heteroatoms. The van der Waals surface area contributed by atoms with Crippen LogP contribution in [0.25, 0.3) is 0 Å². The molecule has 2 aromatic rings. The summed E-state index contributed by atoms with van der Waals surface area (Å²) >= 11 is 0. The van der Waals surface area contributed by atoms with Gasteiger partial charge in [0.15, 0.2) is 5.96 Å². The second kappa shape index (κ2) is 11.9. The van der Waals surface area contributed by atoms with E-state index in [1.54, 1.807) is 7.05 Å². The van der Waals surface area contributed by atoms with Gasteiger partial charge in [-0.2, -0.15) is 0 Å². The Bertz CT molecular complexity index is 617. The van der Waals surface area contributed by atoms with Crippen molar-refractivity contribution >= 4 is 29.9 Å². The van der Waals surface area contributed by atoms with Gasteiger partial charge in [0, 0.05) is 20.1 Å². The fraction of sp³-hybridized carbons (Fsp3) is 0.316. The van der Waals surface area contributed by atoms with Crippen LogP contribution >= 0.6 is 24.0 Å². The minimum atomic E-state index is 0. The first-order chi connectivity index (χ1) is 11.3. The molecule has 0 atom stereocenters. The molecule has 0 unspecified atom stereocenters. The molecular formula is C19H26IN3O. The van der Waals surface area contributed by atoms with Crippen LogP contribution in [0.3, 0.4) is 0 Å². The van der Waals surface area contributed by atoms with Crippen molar-refractivity contribution in [3.05, 3.63) is 71.3 Å². The van der Waals surface area contributed by atoms with E-state index >= 15 is 0 Å². The number of hydrogen-bond donors (Lipinski definition) is 2. The summed E-state index contributed by atoms with van der Waals surface area (Å²) in [5, 5.41) is 6.56. The molecule has 0 saturated carbocycles. The van der Waals surface area contributed by atoms with Gasteiger partial charge in [0.25, 0.3) is 0 Å². The molecule has 0 saturated heterocycles. The van der Waals surface area contributed by atoms with Crippen molar-refractivity contribution in [2.24, 2.45) is 4.99 Å². The molecule has 4 nitrogen and oxygen atoms in total. The summed E-state index contributed by atoms with van der Waals surface area (Å²) in [5.74, 6) is 0.787. The fourth-order valence-electron chi connectivity index (χ4n) is 2.23. The van der Waals surface area contributed by atoms with Crippen LogP contribution in [-0.4, -0.2) is 26.2 Å². The zero-order valence-electron chi connectivity index (χ0n) is 14.3. The van der Waals surface area contributed by atoms with Crippen LogP contribution < -0.4 is 10.6 Å². The van der Waals surface area contributed by atoms with E-state index in [-0.39, 0.29) is 24.0 Å². The van der Waals surface area contributed by atoms with Crippen LogP contribution in [-0.2, 0) is 17.9 Å². The maximum absolute atomic E-state index is 5.65. The third kappa shape index (κ3) is 7.79. The van der Waals surface area contributed by atoms with Crippen molar-refractivity contribution in [3.63, 3.8) is 0 Å². The average Bonchev–Trinajstić information content (AvgIpc) is 2.58. The predicted molar refractivity (Wildman–Crippen MR) is 111 cm³/mol.